The molecule has 16 heavy (non-hydrogen) atoms. The third kappa shape index (κ3) is 2.36. The van der Waals surface area contributed by atoms with Crippen molar-refractivity contribution >= 4 is 17.5 Å². The zero-order chi connectivity index (χ0) is 11.7. The summed E-state index contributed by atoms with van der Waals surface area (Å²) in [6.07, 6.45) is 0.811. The Labute approximate surface area is 100 Å². The van der Waals surface area contributed by atoms with Crippen LogP contribution < -0.4 is 5.73 Å². The van der Waals surface area contributed by atoms with E-state index >= 15 is 0 Å². The van der Waals surface area contributed by atoms with Crippen LogP contribution >= 0.6 is 11.6 Å². The molecule has 0 aliphatic heterocycles. The average Bonchev–Trinajstić information content (AvgIpc) is 2.98. The molecular weight excluding hydrogens is 224 g/mol. The van der Waals surface area contributed by atoms with E-state index in [0.29, 0.717) is 11.6 Å². The molecular formula is C12H15ClN2O. The topological polar surface area (TPSA) is 46.3 Å². The summed E-state index contributed by atoms with van der Waals surface area (Å²) in [5, 5.41) is 0.697. The molecule has 1 fully saturated rings. The van der Waals surface area contributed by atoms with Crippen LogP contribution in [0.15, 0.2) is 24.3 Å². The number of benzene rings is 1. The van der Waals surface area contributed by atoms with Crippen LogP contribution in [0.3, 0.4) is 0 Å². The van der Waals surface area contributed by atoms with E-state index < -0.39 is 0 Å². The van der Waals surface area contributed by atoms with Crippen LogP contribution in [0.2, 0.25) is 5.02 Å². The molecule has 86 valence electrons. The van der Waals surface area contributed by atoms with Crippen molar-refractivity contribution in [3.05, 3.63) is 34.9 Å². The Morgan fingerprint density at radius 3 is 2.75 bits per heavy atom. The van der Waals surface area contributed by atoms with Crippen molar-refractivity contribution in [3.8, 4) is 0 Å². The smallest absolute Gasteiger partial charge is 0.227 e. The van der Waals surface area contributed by atoms with E-state index in [1.807, 2.05) is 24.3 Å². The summed E-state index contributed by atoms with van der Waals surface area (Å²) >= 11 is 6.03. The van der Waals surface area contributed by atoms with Crippen LogP contribution in [0, 0.1) is 5.92 Å². The van der Waals surface area contributed by atoms with E-state index in [4.69, 9.17) is 17.3 Å². The molecule has 1 aromatic rings. The molecule has 4 heteroatoms. The van der Waals surface area contributed by atoms with Gasteiger partial charge < -0.3 is 10.6 Å². The van der Waals surface area contributed by atoms with Gasteiger partial charge in [-0.1, -0.05) is 29.8 Å². The first-order valence-corrected chi connectivity index (χ1v) is 5.71. The summed E-state index contributed by atoms with van der Waals surface area (Å²) in [5.74, 6) is 0.139. The molecule has 1 amide bonds. The van der Waals surface area contributed by atoms with Crippen LogP contribution in [0.4, 0.5) is 0 Å². The minimum absolute atomic E-state index is 0.0208. The summed E-state index contributed by atoms with van der Waals surface area (Å²) in [6, 6.07) is 7.62. The Morgan fingerprint density at radius 1 is 1.56 bits per heavy atom. The zero-order valence-electron chi connectivity index (χ0n) is 9.19. The minimum atomic E-state index is 0.0208. The minimum Gasteiger partial charge on any atom is -0.341 e. The Morgan fingerprint density at radius 2 is 2.19 bits per heavy atom. The van der Waals surface area contributed by atoms with Crippen LogP contribution in [0.1, 0.15) is 12.0 Å². The molecule has 0 saturated heterocycles. The van der Waals surface area contributed by atoms with Crippen LogP contribution in [-0.2, 0) is 11.3 Å². The first kappa shape index (κ1) is 11.4. The van der Waals surface area contributed by atoms with Crippen LogP contribution in [0.5, 0.6) is 0 Å². The summed E-state index contributed by atoms with van der Waals surface area (Å²) in [4.78, 5) is 13.5. The van der Waals surface area contributed by atoms with Crippen molar-refractivity contribution in [2.24, 2.45) is 11.7 Å². The largest absolute Gasteiger partial charge is 0.341 e. The number of hydrogen-bond donors (Lipinski definition) is 1. The van der Waals surface area contributed by atoms with Crippen molar-refractivity contribution in [1.29, 1.82) is 0 Å². The first-order valence-electron chi connectivity index (χ1n) is 5.33. The number of carbonyl (C=O) groups excluding carboxylic acids is 1. The number of nitrogens with two attached hydrogens (primary N) is 1. The fourth-order valence-electron chi connectivity index (χ4n) is 1.74. The number of halogens is 1. The second-order valence-electron chi connectivity index (χ2n) is 4.29. The van der Waals surface area contributed by atoms with Gasteiger partial charge in [-0.3, -0.25) is 4.79 Å². The Hall–Kier alpha value is -1.06. The van der Waals surface area contributed by atoms with E-state index in [2.05, 4.69) is 0 Å². The van der Waals surface area contributed by atoms with E-state index in [0.717, 1.165) is 12.0 Å². The van der Waals surface area contributed by atoms with Gasteiger partial charge in [0.15, 0.2) is 0 Å². The zero-order valence-corrected chi connectivity index (χ0v) is 9.95. The third-order valence-corrected chi connectivity index (χ3v) is 3.27. The quantitative estimate of drug-likeness (QED) is 0.871. The van der Waals surface area contributed by atoms with Crippen molar-refractivity contribution in [2.75, 3.05) is 7.05 Å². The highest BCUT2D eigenvalue weighted by atomic mass is 35.5. The van der Waals surface area contributed by atoms with Gasteiger partial charge in [0.2, 0.25) is 5.91 Å². The number of carbonyl (C=O) groups is 1. The fraction of sp³-hybridized carbons (Fsp3) is 0.417. The number of hydrogen-bond acceptors (Lipinski definition) is 2. The molecule has 0 aromatic heterocycles. The summed E-state index contributed by atoms with van der Waals surface area (Å²) in [6.45, 7) is 0.543. The van der Waals surface area contributed by atoms with Crippen molar-refractivity contribution in [1.82, 2.24) is 4.90 Å². The second-order valence-corrected chi connectivity index (χ2v) is 4.70. The van der Waals surface area contributed by atoms with Gasteiger partial charge in [0, 0.05) is 24.7 Å². The summed E-state index contributed by atoms with van der Waals surface area (Å²) in [7, 11) is 1.79. The molecule has 2 atom stereocenters. The fourth-order valence-corrected chi connectivity index (χ4v) is 1.94. The monoisotopic (exact) mass is 238 g/mol. The maximum absolute atomic E-state index is 11.8. The summed E-state index contributed by atoms with van der Waals surface area (Å²) in [5.41, 5.74) is 6.62. The van der Waals surface area contributed by atoms with Gasteiger partial charge in [0.05, 0.1) is 5.92 Å². The molecule has 0 spiro atoms. The number of amides is 1. The SMILES string of the molecule is CN(Cc1ccccc1Cl)C(=O)C1CC1N. The standard InChI is InChI=1S/C12H15ClN2O/c1-15(12(16)9-6-11(9)14)7-8-4-2-3-5-10(8)13/h2-5,9,11H,6-7,14H2,1H3. The highest BCUT2D eigenvalue weighted by molar-refractivity contribution is 6.31. The van der Waals surface area contributed by atoms with E-state index in [1.54, 1.807) is 11.9 Å². The van der Waals surface area contributed by atoms with Crippen molar-refractivity contribution < 1.29 is 4.79 Å². The lowest BCUT2D eigenvalue weighted by molar-refractivity contribution is -0.131. The molecule has 0 heterocycles. The molecule has 2 N–H and O–H groups in total. The van der Waals surface area contributed by atoms with Gasteiger partial charge >= 0.3 is 0 Å². The molecule has 0 bridgehead atoms. The lowest BCUT2D eigenvalue weighted by Crippen LogP contribution is -2.29. The van der Waals surface area contributed by atoms with Gasteiger partial charge in [-0.2, -0.15) is 0 Å². The highest BCUT2D eigenvalue weighted by Gasteiger charge is 2.41. The predicted octanol–water partition coefficient (Wildman–Crippen LogP) is 1.65. The Bertz CT molecular complexity index is 408. The number of nitrogens with zero attached hydrogens (tertiary/aromatic N) is 1. The molecule has 1 saturated carbocycles. The van der Waals surface area contributed by atoms with Gasteiger partial charge in [-0.05, 0) is 18.1 Å². The van der Waals surface area contributed by atoms with Gasteiger partial charge in [-0.25, -0.2) is 0 Å². The predicted molar refractivity (Wildman–Crippen MR) is 64.0 cm³/mol. The van der Waals surface area contributed by atoms with Gasteiger partial charge in [-0.15, -0.1) is 0 Å². The maximum Gasteiger partial charge on any atom is 0.227 e. The highest BCUT2D eigenvalue weighted by Crippen LogP contribution is 2.30. The second kappa shape index (κ2) is 4.44. The van der Waals surface area contributed by atoms with Gasteiger partial charge in [0.1, 0.15) is 0 Å². The van der Waals surface area contributed by atoms with E-state index in [-0.39, 0.29) is 17.9 Å². The third-order valence-electron chi connectivity index (χ3n) is 2.90. The van der Waals surface area contributed by atoms with E-state index in [9.17, 15) is 4.79 Å². The van der Waals surface area contributed by atoms with Gasteiger partial charge in [0.25, 0.3) is 0 Å². The lowest BCUT2D eigenvalue weighted by Gasteiger charge is -2.17. The molecule has 0 radical (unpaired) electrons. The maximum atomic E-state index is 11.8. The Kier molecular flexibility index (Phi) is 3.17. The number of rotatable bonds is 3. The average molecular weight is 239 g/mol. The molecule has 1 aromatic carbocycles. The van der Waals surface area contributed by atoms with Crippen molar-refractivity contribution in [3.63, 3.8) is 0 Å². The molecule has 3 nitrogen and oxygen atoms in total. The molecule has 2 unspecified atom stereocenters. The first-order chi connectivity index (χ1) is 7.59. The van der Waals surface area contributed by atoms with Crippen molar-refractivity contribution in [2.45, 2.75) is 19.0 Å². The molecule has 1 aliphatic carbocycles. The Balaban J connectivity index is 1.99. The van der Waals surface area contributed by atoms with E-state index in [1.165, 1.54) is 0 Å². The lowest BCUT2D eigenvalue weighted by atomic mass is 10.2. The normalized spacial score (nSPS) is 22.9. The summed E-state index contributed by atoms with van der Waals surface area (Å²) < 4.78 is 0. The van der Waals surface area contributed by atoms with Crippen LogP contribution in [-0.4, -0.2) is 23.9 Å². The molecule has 2 rings (SSSR count). The van der Waals surface area contributed by atoms with Crippen LogP contribution in [0.25, 0.3) is 0 Å². The molecule has 1 aliphatic rings.